The molecule has 0 bridgehead atoms. The fraction of sp³-hybridized carbons (Fsp3) is 0.905. The molecule has 0 spiro atoms. The largest absolute Gasteiger partial charge is 0.308 e. The van der Waals surface area contributed by atoms with Gasteiger partial charge in [0.1, 0.15) is 0 Å². The zero-order valence-corrected chi connectivity index (χ0v) is 18.0. The van der Waals surface area contributed by atoms with Gasteiger partial charge in [0.05, 0.1) is 12.1 Å². The highest BCUT2D eigenvalue weighted by molar-refractivity contribution is 5.87. The Kier molecular flexibility index (Phi) is 11.4. The van der Waals surface area contributed by atoms with Gasteiger partial charge in [0.25, 0.3) is 0 Å². The lowest BCUT2D eigenvalue weighted by atomic mass is 9.84. The molecule has 0 aromatic carbocycles. The SMILES string of the molecule is CCN[C@H](C(=O)C(C)CCC(C)C(=O)[C@@H](NC(C)C)C(C)C)C(C)C. The summed E-state index contributed by atoms with van der Waals surface area (Å²) in [5.41, 5.74) is 0. The third-order valence-corrected chi connectivity index (χ3v) is 4.89. The summed E-state index contributed by atoms with van der Waals surface area (Å²) in [7, 11) is 0. The van der Waals surface area contributed by atoms with Crippen LogP contribution in [0.15, 0.2) is 0 Å². The molecule has 4 heteroatoms. The van der Waals surface area contributed by atoms with Crippen LogP contribution in [-0.4, -0.2) is 36.2 Å². The molecule has 25 heavy (non-hydrogen) atoms. The monoisotopic (exact) mass is 354 g/mol. The Morgan fingerprint density at radius 3 is 1.44 bits per heavy atom. The van der Waals surface area contributed by atoms with Gasteiger partial charge < -0.3 is 10.6 Å². The summed E-state index contributed by atoms with van der Waals surface area (Å²) in [4.78, 5) is 25.5. The minimum absolute atomic E-state index is 0.0164. The topological polar surface area (TPSA) is 58.2 Å². The Morgan fingerprint density at radius 2 is 1.12 bits per heavy atom. The molecule has 2 unspecified atom stereocenters. The van der Waals surface area contributed by atoms with Crippen LogP contribution < -0.4 is 10.6 Å². The number of carbonyl (C=O) groups excluding carboxylic acids is 2. The van der Waals surface area contributed by atoms with E-state index in [9.17, 15) is 9.59 Å². The summed E-state index contributed by atoms with van der Waals surface area (Å²) in [5.74, 6) is 1.07. The molecule has 0 aromatic rings. The molecule has 2 N–H and O–H groups in total. The van der Waals surface area contributed by atoms with E-state index in [-0.39, 0.29) is 53.4 Å². The highest BCUT2D eigenvalue weighted by Gasteiger charge is 2.29. The van der Waals surface area contributed by atoms with Gasteiger partial charge >= 0.3 is 0 Å². The van der Waals surface area contributed by atoms with Gasteiger partial charge in [0.2, 0.25) is 0 Å². The number of ketones is 2. The Bertz CT molecular complexity index is 405. The predicted octanol–water partition coefficient (Wildman–Crippen LogP) is 3.83. The van der Waals surface area contributed by atoms with Crippen molar-refractivity contribution in [2.24, 2.45) is 23.7 Å². The van der Waals surface area contributed by atoms with Crippen molar-refractivity contribution in [2.75, 3.05) is 6.54 Å². The fourth-order valence-electron chi connectivity index (χ4n) is 3.24. The molecule has 0 radical (unpaired) electrons. The predicted molar refractivity (Wildman–Crippen MR) is 107 cm³/mol. The standard InChI is InChI=1S/C21H42N2O2/c1-10-22-18(13(2)3)20(24)16(8)11-12-17(9)21(25)19(14(4)5)23-15(6)7/h13-19,22-23H,10-12H2,1-9H3/t16?,17?,18-,19-/m0/s1. The summed E-state index contributed by atoms with van der Waals surface area (Å²) in [5, 5.41) is 6.70. The molecule has 0 aliphatic heterocycles. The maximum absolute atomic E-state index is 12.8. The first-order valence-corrected chi connectivity index (χ1v) is 10.1. The van der Waals surface area contributed by atoms with Crippen molar-refractivity contribution in [1.82, 2.24) is 10.6 Å². The molecular weight excluding hydrogens is 312 g/mol. The van der Waals surface area contributed by atoms with Crippen LogP contribution in [-0.2, 0) is 9.59 Å². The van der Waals surface area contributed by atoms with Crippen LogP contribution in [0.5, 0.6) is 0 Å². The van der Waals surface area contributed by atoms with Crippen LogP contribution in [0.25, 0.3) is 0 Å². The van der Waals surface area contributed by atoms with Gasteiger partial charge in [-0.3, -0.25) is 9.59 Å². The normalized spacial score (nSPS) is 17.0. The first kappa shape index (κ1) is 24.3. The Balaban J connectivity index is 4.72. The molecule has 0 aromatic heterocycles. The van der Waals surface area contributed by atoms with Crippen molar-refractivity contribution in [3.8, 4) is 0 Å². The second kappa shape index (κ2) is 11.8. The van der Waals surface area contributed by atoms with Crippen molar-refractivity contribution < 1.29 is 9.59 Å². The quantitative estimate of drug-likeness (QED) is 0.528. The van der Waals surface area contributed by atoms with E-state index in [2.05, 4.69) is 52.2 Å². The van der Waals surface area contributed by atoms with E-state index in [1.165, 1.54) is 0 Å². The van der Waals surface area contributed by atoms with Crippen LogP contribution in [0.1, 0.15) is 75.2 Å². The molecule has 148 valence electrons. The number of likely N-dealkylation sites (N-methyl/N-ethyl adjacent to an activating group) is 1. The Morgan fingerprint density at radius 1 is 0.720 bits per heavy atom. The van der Waals surface area contributed by atoms with E-state index in [1.54, 1.807) is 0 Å². The average Bonchev–Trinajstić information content (AvgIpc) is 2.52. The summed E-state index contributed by atoms with van der Waals surface area (Å²) >= 11 is 0. The maximum atomic E-state index is 12.8. The van der Waals surface area contributed by atoms with E-state index in [0.717, 1.165) is 19.4 Å². The summed E-state index contributed by atoms with van der Waals surface area (Å²) in [6, 6.07) is 0.0965. The molecule has 0 saturated carbocycles. The first-order valence-electron chi connectivity index (χ1n) is 10.1. The first-order chi connectivity index (χ1) is 11.5. The van der Waals surface area contributed by atoms with Gasteiger partial charge in [-0.15, -0.1) is 0 Å². The van der Waals surface area contributed by atoms with Gasteiger partial charge in [0.15, 0.2) is 11.6 Å². The van der Waals surface area contributed by atoms with Crippen LogP contribution >= 0.6 is 0 Å². The molecule has 4 nitrogen and oxygen atoms in total. The van der Waals surface area contributed by atoms with Crippen molar-refractivity contribution in [2.45, 2.75) is 93.3 Å². The lowest BCUT2D eigenvalue weighted by molar-refractivity contribution is -0.128. The number of rotatable bonds is 13. The number of hydrogen-bond acceptors (Lipinski definition) is 4. The van der Waals surface area contributed by atoms with Crippen molar-refractivity contribution in [3.05, 3.63) is 0 Å². The second-order valence-corrected chi connectivity index (χ2v) is 8.51. The molecule has 0 aliphatic rings. The number of hydrogen-bond donors (Lipinski definition) is 2. The lowest BCUT2D eigenvalue weighted by Crippen LogP contribution is -2.46. The molecule has 4 atom stereocenters. The highest BCUT2D eigenvalue weighted by Crippen LogP contribution is 2.20. The maximum Gasteiger partial charge on any atom is 0.152 e. The molecular formula is C21H42N2O2. The summed E-state index contributed by atoms with van der Waals surface area (Å²) in [6.07, 6.45) is 1.54. The third kappa shape index (κ3) is 8.46. The van der Waals surface area contributed by atoms with Crippen LogP contribution in [0.2, 0.25) is 0 Å². The smallest absolute Gasteiger partial charge is 0.152 e. The minimum atomic E-state index is -0.105. The van der Waals surface area contributed by atoms with Gasteiger partial charge in [-0.2, -0.15) is 0 Å². The summed E-state index contributed by atoms with van der Waals surface area (Å²) in [6.45, 7) is 19.3. The summed E-state index contributed by atoms with van der Waals surface area (Å²) < 4.78 is 0. The molecule has 0 rings (SSSR count). The van der Waals surface area contributed by atoms with Gasteiger partial charge in [0, 0.05) is 17.9 Å². The molecule has 0 aliphatic carbocycles. The van der Waals surface area contributed by atoms with Crippen molar-refractivity contribution >= 4 is 11.6 Å². The Labute approximate surface area is 155 Å². The van der Waals surface area contributed by atoms with E-state index in [0.29, 0.717) is 0 Å². The van der Waals surface area contributed by atoms with Gasteiger partial charge in [-0.1, -0.05) is 62.3 Å². The number of carbonyl (C=O) groups is 2. The highest BCUT2D eigenvalue weighted by atomic mass is 16.1. The van der Waals surface area contributed by atoms with Crippen molar-refractivity contribution in [3.63, 3.8) is 0 Å². The van der Waals surface area contributed by atoms with Gasteiger partial charge in [-0.05, 0) is 31.2 Å². The van der Waals surface area contributed by atoms with Crippen LogP contribution in [0.3, 0.4) is 0 Å². The molecule has 0 heterocycles. The number of Topliss-reactive ketones (excluding diaryl/α,β-unsaturated/α-hetero) is 2. The minimum Gasteiger partial charge on any atom is -0.308 e. The van der Waals surface area contributed by atoms with Crippen LogP contribution in [0.4, 0.5) is 0 Å². The average molecular weight is 355 g/mol. The van der Waals surface area contributed by atoms with E-state index in [4.69, 9.17) is 0 Å². The van der Waals surface area contributed by atoms with E-state index < -0.39 is 0 Å². The Hall–Kier alpha value is -0.740. The molecule has 0 saturated heterocycles. The van der Waals surface area contributed by atoms with Crippen LogP contribution in [0, 0.1) is 23.7 Å². The fourth-order valence-corrected chi connectivity index (χ4v) is 3.24. The lowest BCUT2D eigenvalue weighted by Gasteiger charge is -2.27. The third-order valence-electron chi connectivity index (χ3n) is 4.89. The zero-order valence-electron chi connectivity index (χ0n) is 18.0. The zero-order chi connectivity index (χ0) is 19.7. The molecule has 0 fully saturated rings. The van der Waals surface area contributed by atoms with E-state index in [1.807, 2.05) is 20.8 Å². The van der Waals surface area contributed by atoms with Crippen molar-refractivity contribution in [1.29, 1.82) is 0 Å². The number of nitrogens with one attached hydrogen (secondary N) is 2. The second-order valence-electron chi connectivity index (χ2n) is 8.51. The molecule has 0 amide bonds. The van der Waals surface area contributed by atoms with Gasteiger partial charge in [-0.25, -0.2) is 0 Å². The van der Waals surface area contributed by atoms with E-state index >= 15 is 0 Å².